The summed E-state index contributed by atoms with van der Waals surface area (Å²) in [4.78, 5) is 10.5. The number of rotatable bonds is 2. The Morgan fingerprint density at radius 1 is 1.62 bits per heavy atom. The van der Waals surface area contributed by atoms with Gasteiger partial charge >= 0.3 is 5.38 Å². The van der Waals surface area contributed by atoms with Crippen LogP contribution in [0.25, 0.3) is 0 Å². The minimum atomic E-state index is -3.53. The number of anilines is 1. The summed E-state index contributed by atoms with van der Waals surface area (Å²) >= 11 is 5.20. The number of nitrogens with zero attached hydrogens (tertiary/aromatic N) is 2. The molecule has 0 aromatic carbocycles. The van der Waals surface area contributed by atoms with E-state index in [2.05, 4.69) is 27.1 Å². The molecule has 72 valence electrons. The lowest BCUT2D eigenvalue weighted by Gasteiger charge is -1.99. The maximum atomic E-state index is 12.4. The monoisotopic (exact) mass is 227 g/mol. The van der Waals surface area contributed by atoms with Crippen LogP contribution in [0.1, 0.15) is 11.9 Å². The second-order valence-electron chi connectivity index (χ2n) is 2.09. The summed E-state index contributed by atoms with van der Waals surface area (Å²) in [5, 5.41) is 4.45. The van der Waals surface area contributed by atoms with Crippen molar-refractivity contribution in [2.75, 3.05) is 5.32 Å². The topological polar surface area (TPSA) is 54.9 Å². The lowest BCUT2D eigenvalue weighted by atomic mass is 10.7. The number of hydrogen-bond acceptors (Lipinski definition) is 4. The van der Waals surface area contributed by atoms with Crippen molar-refractivity contribution < 1.29 is 13.6 Å². The maximum Gasteiger partial charge on any atom is 0.375 e. The Balaban J connectivity index is 2.81. The quantitative estimate of drug-likeness (QED) is 0.784. The molecule has 4 nitrogen and oxygen atoms in total. The third-order valence-corrected chi connectivity index (χ3v) is 2.15. The summed E-state index contributed by atoms with van der Waals surface area (Å²) in [6, 6.07) is 0. The van der Waals surface area contributed by atoms with E-state index in [-0.39, 0.29) is 5.13 Å². The molecule has 0 radical (unpaired) electrons. The van der Waals surface area contributed by atoms with Crippen LogP contribution in [-0.4, -0.2) is 16.1 Å². The molecule has 1 heterocycles. The molecular formula is C5H4ClF2N3OS. The molecule has 0 unspecified atom stereocenters. The molecule has 1 aromatic heterocycles. The summed E-state index contributed by atoms with van der Waals surface area (Å²) in [7, 11) is 0. The van der Waals surface area contributed by atoms with E-state index in [1.807, 2.05) is 0 Å². The summed E-state index contributed by atoms with van der Waals surface area (Å²) < 4.78 is 24.7. The Bertz CT molecular complexity index is 324. The third kappa shape index (κ3) is 2.85. The highest BCUT2D eigenvalue weighted by Crippen LogP contribution is 2.35. The zero-order chi connectivity index (χ0) is 10.1. The van der Waals surface area contributed by atoms with Gasteiger partial charge in [0.15, 0.2) is 0 Å². The summed E-state index contributed by atoms with van der Waals surface area (Å²) in [6.07, 6.45) is 0. The molecule has 0 aliphatic rings. The average Bonchev–Trinajstić information content (AvgIpc) is 2.32. The van der Waals surface area contributed by atoms with Gasteiger partial charge in [0.1, 0.15) is 0 Å². The predicted octanol–water partition coefficient (Wildman–Crippen LogP) is 1.78. The number of carbonyl (C=O) groups is 1. The predicted molar refractivity (Wildman–Crippen MR) is 44.0 cm³/mol. The fraction of sp³-hybridized carbons (Fsp3) is 0.400. The van der Waals surface area contributed by atoms with Crippen molar-refractivity contribution in [2.24, 2.45) is 0 Å². The van der Waals surface area contributed by atoms with Crippen molar-refractivity contribution >= 4 is 34.0 Å². The number of amides is 1. The first-order valence-corrected chi connectivity index (χ1v) is 4.27. The normalized spacial score (nSPS) is 11.4. The molecule has 1 rings (SSSR count). The van der Waals surface area contributed by atoms with Gasteiger partial charge in [0, 0.05) is 6.92 Å². The number of alkyl halides is 3. The first kappa shape index (κ1) is 10.3. The van der Waals surface area contributed by atoms with Crippen molar-refractivity contribution in [1.29, 1.82) is 0 Å². The van der Waals surface area contributed by atoms with E-state index in [0.717, 1.165) is 0 Å². The van der Waals surface area contributed by atoms with E-state index in [9.17, 15) is 13.6 Å². The van der Waals surface area contributed by atoms with Gasteiger partial charge in [0.05, 0.1) is 0 Å². The van der Waals surface area contributed by atoms with Crippen LogP contribution in [-0.2, 0) is 10.2 Å². The highest BCUT2D eigenvalue weighted by atomic mass is 35.5. The molecular weight excluding hydrogens is 224 g/mol. The van der Waals surface area contributed by atoms with E-state index in [1.54, 1.807) is 0 Å². The Morgan fingerprint density at radius 2 is 2.23 bits per heavy atom. The standard InChI is InChI=1S/C5H4ClF2N3OS/c1-2(12)9-4-11-10-3(13-4)5(6,7)8/h1H3,(H,9,11,12). The van der Waals surface area contributed by atoms with Crippen molar-refractivity contribution in [1.82, 2.24) is 10.2 Å². The van der Waals surface area contributed by atoms with Crippen LogP contribution in [0.2, 0.25) is 0 Å². The average molecular weight is 228 g/mol. The lowest BCUT2D eigenvalue weighted by molar-refractivity contribution is -0.114. The van der Waals surface area contributed by atoms with Gasteiger partial charge in [-0.1, -0.05) is 11.3 Å². The zero-order valence-electron chi connectivity index (χ0n) is 6.34. The summed E-state index contributed by atoms with van der Waals surface area (Å²) in [6.45, 7) is 1.24. The van der Waals surface area contributed by atoms with Crippen molar-refractivity contribution in [3.8, 4) is 0 Å². The number of halogens is 3. The van der Waals surface area contributed by atoms with E-state index >= 15 is 0 Å². The van der Waals surface area contributed by atoms with Crippen LogP contribution in [0.3, 0.4) is 0 Å². The number of nitrogens with one attached hydrogen (secondary N) is 1. The first-order chi connectivity index (χ1) is 5.89. The van der Waals surface area contributed by atoms with Gasteiger partial charge in [-0.15, -0.1) is 10.2 Å². The molecule has 0 bridgehead atoms. The molecule has 1 N–H and O–H groups in total. The fourth-order valence-electron chi connectivity index (χ4n) is 0.539. The second-order valence-corrected chi connectivity index (χ2v) is 3.54. The van der Waals surface area contributed by atoms with Gasteiger partial charge < -0.3 is 5.32 Å². The van der Waals surface area contributed by atoms with Crippen molar-refractivity contribution in [2.45, 2.75) is 12.3 Å². The third-order valence-electron chi connectivity index (χ3n) is 0.950. The lowest BCUT2D eigenvalue weighted by Crippen LogP contribution is -2.04. The molecule has 0 aliphatic heterocycles. The number of aromatic nitrogens is 2. The molecule has 0 spiro atoms. The van der Waals surface area contributed by atoms with Crippen LogP contribution in [0.5, 0.6) is 0 Å². The highest BCUT2D eigenvalue weighted by Gasteiger charge is 2.32. The van der Waals surface area contributed by atoms with Gasteiger partial charge in [-0.3, -0.25) is 4.79 Å². The van der Waals surface area contributed by atoms with E-state index < -0.39 is 16.3 Å². The SMILES string of the molecule is CC(=O)Nc1nnc(C(F)(F)Cl)s1. The second kappa shape index (κ2) is 3.51. The Morgan fingerprint density at radius 3 is 2.62 bits per heavy atom. The maximum absolute atomic E-state index is 12.4. The summed E-state index contributed by atoms with van der Waals surface area (Å²) in [5.74, 6) is -0.402. The van der Waals surface area contributed by atoms with Crippen LogP contribution in [0, 0.1) is 0 Å². The number of carbonyl (C=O) groups excluding carboxylic acids is 1. The number of hydrogen-bond donors (Lipinski definition) is 1. The summed E-state index contributed by atoms with van der Waals surface area (Å²) in [5.41, 5.74) is 0. The Kier molecular flexibility index (Phi) is 2.77. The van der Waals surface area contributed by atoms with E-state index in [0.29, 0.717) is 11.3 Å². The molecule has 0 atom stereocenters. The zero-order valence-corrected chi connectivity index (χ0v) is 7.92. The smallest absolute Gasteiger partial charge is 0.301 e. The minimum absolute atomic E-state index is 0.00262. The molecule has 0 saturated heterocycles. The molecule has 0 fully saturated rings. The van der Waals surface area contributed by atoms with Gasteiger partial charge in [0.25, 0.3) is 0 Å². The Labute approximate surface area is 80.9 Å². The van der Waals surface area contributed by atoms with E-state index in [4.69, 9.17) is 0 Å². The van der Waals surface area contributed by atoms with Crippen LogP contribution < -0.4 is 5.32 Å². The molecule has 8 heteroatoms. The van der Waals surface area contributed by atoms with Gasteiger partial charge in [-0.05, 0) is 11.6 Å². The first-order valence-electron chi connectivity index (χ1n) is 3.08. The fourth-order valence-corrected chi connectivity index (χ4v) is 1.35. The van der Waals surface area contributed by atoms with Crippen LogP contribution in [0.15, 0.2) is 0 Å². The molecule has 13 heavy (non-hydrogen) atoms. The van der Waals surface area contributed by atoms with Crippen LogP contribution in [0.4, 0.5) is 13.9 Å². The van der Waals surface area contributed by atoms with Gasteiger partial charge in [0.2, 0.25) is 16.0 Å². The van der Waals surface area contributed by atoms with Crippen LogP contribution >= 0.6 is 22.9 Å². The molecule has 0 saturated carbocycles. The molecule has 0 aliphatic carbocycles. The molecule has 1 amide bonds. The van der Waals surface area contributed by atoms with Gasteiger partial charge in [-0.25, -0.2) is 0 Å². The van der Waals surface area contributed by atoms with E-state index in [1.165, 1.54) is 6.92 Å². The molecule has 1 aromatic rings. The van der Waals surface area contributed by atoms with Crippen molar-refractivity contribution in [3.05, 3.63) is 5.01 Å². The minimum Gasteiger partial charge on any atom is -0.301 e. The largest absolute Gasteiger partial charge is 0.375 e. The Hall–Kier alpha value is -0.820. The van der Waals surface area contributed by atoms with Gasteiger partial charge in [-0.2, -0.15) is 8.78 Å². The van der Waals surface area contributed by atoms with Crippen molar-refractivity contribution in [3.63, 3.8) is 0 Å². The highest BCUT2D eigenvalue weighted by molar-refractivity contribution is 7.15.